The van der Waals surface area contributed by atoms with Crippen LogP contribution < -0.4 is 4.90 Å². The number of pyridine rings is 1. The SMILES string of the molecule is Cn1ccc(C(=O)N(Cc2cccnc2)c2nc3ccccc3s2)n1. The summed E-state index contributed by atoms with van der Waals surface area (Å²) in [6.45, 7) is 0.392. The highest BCUT2D eigenvalue weighted by Crippen LogP contribution is 2.30. The van der Waals surface area contributed by atoms with Gasteiger partial charge in [-0.2, -0.15) is 5.10 Å². The van der Waals surface area contributed by atoms with Crippen LogP contribution in [-0.2, 0) is 13.6 Å². The quantitative estimate of drug-likeness (QED) is 0.567. The first-order valence-corrected chi connectivity index (χ1v) is 8.58. The molecule has 3 heterocycles. The van der Waals surface area contributed by atoms with Gasteiger partial charge in [-0.3, -0.25) is 19.4 Å². The summed E-state index contributed by atoms with van der Waals surface area (Å²) in [7, 11) is 1.79. The van der Waals surface area contributed by atoms with Gasteiger partial charge < -0.3 is 0 Å². The Kier molecular flexibility index (Phi) is 3.99. The molecule has 1 amide bonds. The Bertz CT molecular complexity index is 991. The van der Waals surface area contributed by atoms with E-state index < -0.39 is 0 Å². The zero-order valence-electron chi connectivity index (χ0n) is 13.5. The Labute approximate surface area is 148 Å². The second-order valence-electron chi connectivity index (χ2n) is 5.59. The number of para-hydroxylation sites is 1. The van der Waals surface area contributed by atoms with Crippen molar-refractivity contribution in [3.8, 4) is 0 Å². The third-order valence-corrected chi connectivity index (χ3v) is 4.81. The fourth-order valence-electron chi connectivity index (χ4n) is 2.54. The van der Waals surface area contributed by atoms with Gasteiger partial charge in [0.05, 0.1) is 16.8 Å². The van der Waals surface area contributed by atoms with E-state index in [9.17, 15) is 4.79 Å². The van der Waals surface area contributed by atoms with E-state index in [0.29, 0.717) is 17.4 Å². The molecule has 0 aliphatic heterocycles. The molecule has 0 aliphatic rings. The van der Waals surface area contributed by atoms with Crippen molar-refractivity contribution >= 4 is 32.6 Å². The van der Waals surface area contributed by atoms with Crippen molar-refractivity contribution in [2.45, 2.75) is 6.54 Å². The smallest absolute Gasteiger partial charge is 0.278 e. The maximum absolute atomic E-state index is 13.0. The third kappa shape index (κ3) is 3.14. The van der Waals surface area contributed by atoms with Crippen LogP contribution in [0.25, 0.3) is 10.2 Å². The van der Waals surface area contributed by atoms with Gasteiger partial charge in [-0.1, -0.05) is 29.5 Å². The second kappa shape index (κ2) is 6.45. The van der Waals surface area contributed by atoms with Crippen molar-refractivity contribution in [1.29, 1.82) is 0 Å². The normalized spacial score (nSPS) is 10.9. The van der Waals surface area contributed by atoms with Crippen molar-refractivity contribution in [2.24, 2.45) is 7.05 Å². The van der Waals surface area contributed by atoms with Gasteiger partial charge in [0.2, 0.25) is 0 Å². The first-order chi connectivity index (χ1) is 12.2. The Morgan fingerprint density at radius 1 is 1.20 bits per heavy atom. The third-order valence-electron chi connectivity index (χ3n) is 3.75. The van der Waals surface area contributed by atoms with Gasteiger partial charge >= 0.3 is 0 Å². The summed E-state index contributed by atoms with van der Waals surface area (Å²) >= 11 is 1.49. The van der Waals surface area contributed by atoms with Gasteiger partial charge in [0.1, 0.15) is 0 Å². The second-order valence-corrected chi connectivity index (χ2v) is 6.60. The zero-order chi connectivity index (χ0) is 17.2. The van der Waals surface area contributed by atoms with Crippen LogP contribution in [0.15, 0.2) is 61.1 Å². The largest absolute Gasteiger partial charge is 0.280 e. The van der Waals surface area contributed by atoms with Gasteiger partial charge in [-0.15, -0.1) is 0 Å². The number of nitrogens with zero attached hydrogens (tertiary/aromatic N) is 5. The molecule has 0 saturated carbocycles. The van der Waals surface area contributed by atoms with Crippen molar-refractivity contribution < 1.29 is 4.79 Å². The monoisotopic (exact) mass is 349 g/mol. The summed E-state index contributed by atoms with van der Waals surface area (Å²) in [6.07, 6.45) is 5.23. The topological polar surface area (TPSA) is 63.9 Å². The summed E-state index contributed by atoms with van der Waals surface area (Å²) in [5, 5.41) is 4.89. The molecule has 0 radical (unpaired) electrons. The van der Waals surface area contributed by atoms with Crippen molar-refractivity contribution in [3.63, 3.8) is 0 Å². The van der Waals surface area contributed by atoms with Crippen LogP contribution in [-0.4, -0.2) is 25.7 Å². The summed E-state index contributed by atoms with van der Waals surface area (Å²) < 4.78 is 2.66. The maximum atomic E-state index is 13.0. The number of hydrogen-bond donors (Lipinski definition) is 0. The first-order valence-electron chi connectivity index (χ1n) is 7.77. The summed E-state index contributed by atoms with van der Waals surface area (Å²) in [5.74, 6) is -0.177. The van der Waals surface area contributed by atoms with Gasteiger partial charge in [0.15, 0.2) is 10.8 Å². The van der Waals surface area contributed by atoms with Crippen LogP contribution in [0.1, 0.15) is 16.1 Å². The van der Waals surface area contributed by atoms with Crippen molar-refractivity contribution in [3.05, 3.63) is 72.3 Å². The number of aromatic nitrogens is 4. The molecule has 124 valence electrons. The molecule has 4 rings (SSSR count). The summed E-state index contributed by atoms with van der Waals surface area (Å²) in [4.78, 5) is 23.5. The lowest BCUT2D eigenvalue weighted by Gasteiger charge is -2.18. The number of thiazole rings is 1. The number of carbonyl (C=O) groups excluding carboxylic acids is 1. The lowest BCUT2D eigenvalue weighted by atomic mass is 10.2. The predicted molar refractivity (Wildman–Crippen MR) is 97.6 cm³/mol. The van der Waals surface area contributed by atoms with Gasteiger partial charge in [-0.25, -0.2) is 4.98 Å². The first kappa shape index (κ1) is 15.5. The molecule has 0 bridgehead atoms. The van der Waals surface area contributed by atoms with Crippen LogP contribution in [0.2, 0.25) is 0 Å². The van der Waals surface area contributed by atoms with E-state index in [0.717, 1.165) is 15.8 Å². The molecule has 6 nitrogen and oxygen atoms in total. The van der Waals surface area contributed by atoms with E-state index >= 15 is 0 Å². The molecule has 0 unspecified atom stereocenters. The van der Waals surface area contributed by atoms with Gasteiger partial charge in [-0.05, 0) is 29.8 Å². The number of rotatable bonds is 4. The standard InChI is InChI=1S/C18H15N5OS/c1-22-10-8-15(21-22)17(24)23(12-13-5-4-9-19-11-13)18-20-14-6-2-3-7-16(14)25-18/h2-11H,12H2,1H3. The molecule has 0 saturated heterocycles. The highest BCUT2D eigenvalue weighted by atomic mass is 32.1. The average Bonchev–Trinajstić information content (AvgIpc) is 3.26. The molecule has 0 fully saturated rings. The molecule has 4 aromatic rings. The minimum atomic E-state index is -0.177. The predicted octanol–water partition coefficient (Wildman–Crippen LogP) is 3.27. The summed E-state index contributed by atoms with van der Waals surface area (Å²) in [5.41, 5.74) is 2.21. The minimum absolute atomic E-state index is 0.177. The van der Waals surface area contributed by atoms with Crippen LogP contribution in [0.3, 0.4) is 0 Å². The van der Waals surface area contributed by atoms with Gasteiger partial charge in [0.25, 0.3) is 5.91 Å². The van der Waals surface area contributed by atoms with E-state index in [2.05, 4.69) is 15.1 Å². The minimum Gasteiger partial charge on any atom is -0.278 e. The van der Waals surface area contributed by atoms with E-state index in [4.69, 9.17) is 0 Å². The molecule has 0 N–H and O–H groups in total. The number of hydrogen-bond acceptors (Lipinski definition) is 5. The number of fused-ring (bicyclic) bond motifs is 1. The van der Waals surface area contributed by atoms with Crippen molar-refractivity contribution in [1.82, 2.24) is 19.7 Å². The Morgan fingerprint density at radius 2 is 2.08 bits per heavy atom. The number of anilines is 1. The molecular weight excluding hydrogens is 334 g/mol. The molecule has 25 heavy (non-hydrogen) atoms. The number of benzene rings is 1. The summed E-state index contributed by atoms with van der Waals surface area (Å²) in [6, 6.07) is 13.4. The van der Waals surface area contributed by atoms with Crippen LogP contribution >= 0.6 is 11.3 Å². The average molecular weight is 349 g/mol. The van der Waals surface area contributed by atoms with Crippen LogP contribution in [0.4, 0.5) is 5.13 Å². The fraction of sp³-hybridized carbons (Fsp3) is 0.111. The molecule has 0 atom stereocenters. The van der Waals surface area contributed by atoms with E-state index in [1.807, 2.05) is 36.4 Å². The van der Waals surface area contributed by atoms with Crippen LogP contribution in [0.5, 0.6) is 0 Å². The van der Waals surface area contributed by atoms with Crippen LogP contribution in [0, 0.1) is 0 Å². The Hall–Kier alpha value is -3.06. The molecule has 3 aromatic heterocycles. The van der Waals surface area contributed by atoms with Gasteiger partial charge in [0, 0.05) is 25.6 Å². The molecule has 0 aliphatic carbocycles. The zero-order valence-corrected chi connectivity index (χ0v) is 14.3. The molecule has 7 heteroatoms. The number of amides is 1. The number of aryl methyl sites for hydroxylation is 1. The Balaban J connectivity index is 1.75. The highest BCUT2D eigenvalue weighted by Gasteiger charge is 2.23. The Morgan fingerprint density at radius 3 is 2.80 bits per heavy atom. The molecule has 1 aromatic carbocycles. The lowest BCUT2D eigenvalue weighted by Crippen LogP contribution is -2.30. The highest BCUT2D eigenvalue weighted by molar-refractivity contribution is 7.22. The van der Waals surface area contributed by atoms with E-state index in [1.54, 1.807) is 41.3 Å². The van der Waals surface area contributed by atoms with E-state index in [1.165, 1.54) is 11.3 Å². The molecular formula is C18H15N5OS. The van der Waals surface area contributed by atoms with Crippen molar-refractivity contribution in [2.75, 3.05) is 4.90 Å². The van der Waals surface area contributed by atoms with E-state index in [-0.39, 0.29) is 5.91 Å². The maximum Gasteiger partial charge on any atom is 0.280 e. The number of carbonyl (C=O) groups is 1. The fourth-order valence-corrected chi connectivity index (χ4v) is 3.51. The lowest BCUT2D eigenvalue weighted by molar-refractivity contribution is 0.0979. The molecule has 0 spiro atoms.